The van der Waals surface area contributed by atoms with Gasteiger partial charge in [-0.2, -0.15) is 0 Å². The first-order valence-electron chi connectivity index (χ1n) is 5.21. The normalized spacial score (nSPS) is 10.7. The second-order valence-corrected chi connectivity index (χ2v) is 6.24. The number of nitrogens with zero attached hydrogens (tertiary/aromatic N) is 3. The Kier molecular flexibility index (Phi) is 4.69. The molecule has 0 aliphatic carbocycles. The molecule has 1 aromatic heterocycles. The molecule has 0 bridgehead atoms. The lowest BCUT2D eigenvalue weighted by Crippen LogP contribution is -2.03. The maximum absolute atomic E-state index is 10.6. The quantitative estimate of drug-likeness (QED) is 0.621. The van der Waals surface area contributed by atoms with E-state index in [4.69, 9.17) is 16.7 Å². The van der Waals surface area contributed by atoms with Gasteiger partial charge < -0.3 is 5.11 Å². The average molecular weight is 410 g/mol. The average Bonchev–Trinajstić information content (AvgIpc) is 2.68. The van der Waals surface area contributed by atoms with Gasteiger partial charge in [-0.25, -0.2) is 0 Å². The summed E-state index contributed by atoms with van der Waals surface area (Å²) in [6.07, 6.45) is 0. The van der Waals surface area contributed by atoms with Gasteiger partial charge in [-0.1, -0.05) is 23.4 Å². The second-order valence-electron chi connectivity index (χ2n) is 3.64. The number of hydrogen-bond acceptors (Lipinski definition) is 4. The summed E-state index contributed by atoms with van der Waals surface area (Å²) in [7, 11) is 0. The van der Waals surface area contributed by atoms with Gasteiger partial charge in [-0.3, -0.25) is 9.36 Å². The van der Waals surface area contributed by atoms with Crippen molar-refractivity contribution in [1.82, 2.24) is 14.8 Å². The van der Waals surface area contributed by atoms with E-state index in [0.29, 0.717) is 16.0 Å². The van der Waals surface area contributed by atoms with E-state index < -0.39 is 5.97 Å². The molecular formula is C11H9ClIN3O2S. The molecule has 0 aliphatic heterocycles. The molecule has 0 unspecified atom stereocenters. The van der Waals surface area contributed by atoms with E-state index in [1.165, 1.54) is 0 Å². The van der Waals surface area contributed by atoms with Crippen molar-refractivity contribution < 1.29 is 9.90 Å². The molecule has 100 valence electrons. The molecule has 1 N–H and O–H groups in total. The van der Waals surface area contributed by atoms with Gasteiger partial charge in [0, 0.05) is 3.57 Å². The van der Waals surface area contributed by atoms with Crippen molar-refractivity contribution in [2.24, 2.45) is 0 Å². The fourth-order valence-corrected chi connectivity index (χ4v) is 3.15. The molecule has 0 amide bonds. The van der Waals surface area contributed by atoms with Gasteiger partial charge in [0.2, 0.25) is 0 Å². The van der Waals surface area contributed by atoms with E-state index in [9.17, 15) is 4.79 Å². The number of aryl methyl sites for hydroxylation is 1. The number of halogens is 2. The van der Waals surface area contributed by atoms with E-state index in [2.05, 4.69) is 32.8 Å². The molecule has 0 aliphatic rings. The zero-order valence-electron chi connectivity index (χ0n) is 9.80. The van der Waals surface area contributed by atoms with Gasteiger partial charge >= 0.3 is 5.97 Å². The van der Waals surface area contributed by atoms with Gasteiger partial charge in [0.05, 0.1) is 16.5 Å². The summed E-state index contributed by atoms with van der Waals surface area (Å²) in [4.78, 5) is 10.6. The summed E-state index contributed by atoms with van der Waals surface area (Å²) < 4.78 is 2.78. The molecule has 5 nitrogen and oxygen atoms in total. The summed E-state index contributed by atoms with van der Waals surface area (Å²) in [5.41, 5.74) is 0.748. The van der Waals surface area contributed by atoms with Crippen LogP contribution in [0.5, 0.6) is 0 Å². The Morgan fingerprint density at radius 3 is 2.89 bits per heavy atom. The molecule has 0 spiro atoms. The molecular weight excluding hydrogens is 401 g/mol. The molecule has 2 aromatic rings. The van der Waals surface area contributed by atoms with Crippen molar-refractivity contribution in [3.05, 3.63) is 32.6 Å². The van der Waals surface area contributed by atoms with E-state index in [0.717, 1.165) is 21.0 Å². The largest absolute Gasteiger partial charge is 0.481 e. The zero-order chi connectivity index (χ0) is 14.0. The lowest BCUT2D eigenvalue weighted by Gasteiger charge is -2.09. The van der Waals surface area contributed by atoms with Crippen LogP contribution < -0.4 is 0 Å². The van der Waals surface area contributed by atoms with Crippen LogP contribution in [0.2, 0.25) is 5.02 Å². The molecule has 0 radical (unpaired) electrons. The Bertz CT molecular complexity index is 632. The Balaban J connectivity index is 2.43. The van der Waals surface area contributed by atoms with E-state index >= 15 is 0 Å². The highest BCUT2D eigenvalue weighted by Gasteiger charge is 2.15. The van der Waals surface area contributed by atoms with Crippen molar-refractivity contribution in [1.29, 1.82) is 0 Å². The third kappa shape index (κ3) is 3.40. The van der Waals surface area contributed by atoms with Crippen LogP contribution in [-0.2, 0) is 4.79 Å². The highest BCUT2D eigenvalue weighted by atomic mass is 127. The van der Waals surface area contributed by atoms with Crippen molar-refractivity contribution in [3.63, 3.8) is 0 Å². The topological polar surface area (TPSA) is 68.0 Å². The highest BCUT2D eigenvalue weighted by molar-refractivity contribution is 14.1. The van der Waals surface area contributed by atoms with Gasteiger partial charge in [0.15, 0.2) is 5.16 Å². The van der Waals surface area contributed by atoms with Gasteiger partial charge in [-0.15, -0.1) is 10.2 Å². The fourth-order valence-electron chi connectivity index (χ4n) is 1.50. The molecule has 0 fully saturated rings. The van der Waals surface area contributed by atoms with Crippen LogP contribution >= 0.6 is 46.0 Å². The summed E-state index contributed by atoms with van der Waals surface area (Å²) in [5.74, 6) is -0.304. The van der Waals surface area contributed by atoms with Crippen LogP contribution in [0.15, 0.2) is 23.4 Å². The van der Waals surface area contributed by atoms with Gasteiger partial charge in [0.1, 0.15) is 5.82 Å². The molecule has 0 saturated carbocycles. The van der Waals surface area contributed by atoms with Crippen LogP contribution in [0, 0.1) is 10.5 Å². The number of carbonyl (C=O) groups is 1. The van der Waals surface area contributed by atoms with Crippen LogP contribution in [0.4, 0.5) is 0 Å². The maximum Gasteiger partial charge on any atom is 0.313 e. The molecule has 2 rings (SSSR count). The Morgan fingerprint density at radius 1 is 1.53 bits per heavy atom. The molecule has 19 heavy (non-hydrogen) atoms. The number of aliphatic carboxylic acids is 1. The van der Waals surface area contributed by atoms with Crippen molar-refractivity contribution in [3.8, 4) is 5.69 Å². The third-order valence-corrected chi connectivity index (χ3v) is 4.16. The van der Waals surface area contributed by atoms with Crippen LogP contribution in [-0.4, -0.2) is 31.6 Å². The first-order valence-corrected chi connectivity index (χ1v) is 7.65. The van der Waals surface area contributed by atoms with E-state index in [1.807, 2.05) is 18.2 Å². The molecule has 8 heteroatoms. The monoisotopic (exact) mass is 409 g/mol. The predicted octanol–water partition coefficient (Wildman–Crippen LogP) is 3.01. The minimum atomic E-state index is -0.897. The summed E-state index contributed by atoms with van der Waals surface area (Å²) in [6, 6.07) is 5.63. The second kappa shape index (κ2) is 6.10. The molecule has 1 heterocycles. The van der Waals surface area contributed by atoms with Gasteiger partial charge in [0.25, 0.3) is 0 Å². The number of carboxylic acid groups (broad SMARTS) is 1. The van der Waals surface area contributed by atoms with E-state index in [-0.39, 0.29) is 5.75 Å². The first kappa shape index (κ1) is 14.6. The van der Waals surface area contributed by atoms with Gasteiger partial charge in [-0.05, 0) is 47.7 Å². The number of benzene rings is 1. The number of thioether (sulfide) groups is 1. The Labute approximate surface area is 132 Å². The summed E-state index contributed by atoms with van der Waals surface area (Å²) >= 11 is 9.51. The number of hydrogen-bond donors (Lipinski definition) is 1. The summed E-state index contributed by atoms with van der Waals surface area (Å²) in [5, 5.41) is 17.8. The lowest BCUT2D eigenvalue weighted by atomic mass is 10.3. The van der Waals surface area contributed by atoms with Crippen molar-refractivity contribution >= 4 is 51.9 Å². The fraction of sp³-hybridized carbons (Fsp3) is 0.182. The van der Waals surface area contributed by atoms with E-state index in [1.54, 1.807) is 11.5 Å². The number of carboxylic acids is 1. The smallest absolute Gasteiger partial charge is 0.313 e. The molecule has 1 aromatic carbocycles. The molecule has 0 atom stereocenters. The van der Waals surface area contributed by atoms with Crippen LogP contribution in [0.25, 0.3) is 5.69 Å². The van der Waals surface area contributed by atoms with Crippen molar-refractivity contribution in [2.45, 2.75) is 12.1 Å². The Hall–Kier alpha value is -0.800. The van der Waals surface area contributed by atoms with Crippen molar-refractivity contribution in [2.75, 3.05) is 5.75 Å². The zero-order valence-corrected chi connectivity index (χ0v) is 13.5. The predicted molar refractivity (Wildman–Crippen MR) is 82.2 cm³/mol. The standard InChI is InChI=1S/C11H9ClIN3O2S/c1-6-14-15-11(19-5-10(17)18)16(6)9-3-2-7(13)4-8(9)12/h2-4H,5H2,1H3,(H,17,18). The molecule has 0 saturated heterocycles. The number of aromatic nitrogens is 3. The van der Waals surface area contributed by atoms with Crippen LogP contribution in [0.3, 0.4) is 0 Å². The minimum Gasteiger partial charge on any atom is -0.481 e. The Morgan fingerprint density at radius 2 is 2.26 bits per heavy atom. The van der Waals surface area contributed by atoms with Crippen LogP contribution in [0.1, 0.15) is 5.82 Å². The minimum absolute atomic E-state index is 0.0693. The lowest BCUT2D eigenvalue weighted by molar-refractivity contribution is -0.133. The third-order valence-electron chi connectivity index (χ3n) is 2.27. The highest BCUT2D eigenvalue weighted by Crippen LogP contribution is 2.28. The SMILES string of the molecule is Cc1nnc(SCC(=O)O)n1-c1ccc(I)cc1Cl. The number of rotatable bonds is 4. The first-order chi connectivity index (χ1) is 8.99. The maximum atomic E-state index is 10.6. The summed E-state index contributed by atoms with van der Waals surface area (Å²) in [6.45, 7) is 1.80.